The summed E-state index contributed by atoms with van der Waals surface area (Å²) >= 11 is 0. The zero-order valence-electron chi connectivity index (χ0n) is 18.4. The van der Waals surface area contributed by atoms with Crippen molar-refractivity contribution >= 4 is 0 Å². The molecular weight excluding hydrogens is 416 g/mol. The lowest BCUT2D eigenvalue weighted by atomic mass is 10.1. The van der Waals surface area contributed by atoms with Gasteiger partial charge in [0.05, 0.1) is 22.8 Å². The zero-order chi connectivity index (χ0) is 22.7. The molecule has 6 rings (SSSR count). The lowest BCUT2D eigenvalue weighted by Gasteiger charge is -2.08. The van der Waals surface area contributed by atoms with Crippen molar-refractivity contribution in [2.24, 2.45) is 0 Å². The van der Waals surface area contributed by atoms with E-state index in [1.54, 1.807) is 0 Å². The van der Waals surface area contributed by atoms with Gasteiger partial charge in [-0.2, -0.15) is 0 Å². The van der Waals surface area contributed by atoms with Crippen LogP contribution >= 0.6 is 0 Å². The van der Waals surface area contributed by atoms with Crippen molar-refractivity contribution in [3.05, 3.63) is 121 Å². The van der Waals surface area contributed by atoms with Crippen LogP contribution in [0, 0.1) is 0 Å². The van der Waals surface area contributed by atoms with E-state index in [0.29, 0.717) is 5.82 Å². The average molecular weight is 439 g/mol. The lowest BCUT2D eigenvalue weighted by molar-refractivity contribution is 1.16. The summed E-state index contributed by atoms with van der Waals surface area (Å²) in [5.41, 5.74) is 8.99. The molecule has 0 saturated heterocycles. The second-order valence-electron chi connectivity index (χ2n) is 8.13. The van der Waals surface area contributed by atoms with Gasteiger partial charge in [0.15, 0.2) is 5.82 Å². The Hall–Kier alpha value is -4.70. The second-order valence-corrected chi connectivity index (χ2v) is 8.13. The second kappa shape index (κ2) is 8.68. The molecule has 0 saturated carbocycles. The van der Waals surface area contributed by atoms with Gasteiger partial charge in [-0.15, -0.1) is 0 Å². The average Bonchev–Trinajstić information content (AvgIpc) is 3.61. The fourth-order valence-corrected chi connectivity index (χ4v) is 4.10. The third-order valence-electron chi connectivity index (χ3n) is 5.85. The van der Waals surface area contributed by atoms with Crippen LogP contribution in [0.2, 0.25) is 0 Å². The first-order valence-electron chi connectivity index (χ1n) is 11.3. The molecule has 4 nitrogen and oxygen atoms in total. The van der Waals surface area contributed by atoms with Crippen molar-refractivity contribution in [1.29, 1.82) is 0 Å². The molecule has 0 aliphatic carbocycles. The van der Waals surface area contributed by atoms with Crippen molar-refractivity contribution in [2.45, 2.75) is 0 Å². The summed E-state index contributed by atoms with van der Waals surface area (Å²) in [6.07, 6.45) is 0. The Balaban J connectivity index is 1.45. The highest BCUT2D eigenvalue weighted by Crippen LogP contribution is 2.30. The van der Waals surface area contributed by atoms with Crippen molar-refractivity contribution in [2.75, 3.05) is 0 Å². The molecule has 3 aromatic heterocycles. The Morgan fingerprint density at radius 2 is 0.765 bits per heavy atom. The third kappa shape index (κ3) is 3.93. The van der Waals surface area contributed by atoms with Gasteiger partial charge in [0.2, 0.25) is 0 Å². The Morgan fingerprint density at radius 3 is 1.21 bits per heavy atom. The molecule has 3 heterocycles. The summed E-state index contributed by atoms with van der Waals surface area (Å²) in [6.45, 7) is 0. The molecule has 6 aromatic rings. The van der Waals surface area contributed by atoms with Gasteiger partial charge in [-0.05, 0) is 41.5 Å². The van der Waals surface area contributed by atoms with Crippen molar-refractivity contribution in [3.8, 4) is 56.7 Å². The summed E-state index contributed by atoms with van der Waals surface area (Å²) in [5, 5.41) is 0. The number of rotatable bonds is 5. The van der Waals surface area contributed by atoms with E-state index in [-0.39, 0.29) is 0 Å². The van der Waals surface area contributed by atoms with Crippen LogP contribution in [-0.4, -0.2) is 19.9 Å². The fraction of sp³-hybridized carbons (Fsp3) is 0. The minimum absolute atomic E-state index is 0.694. The minimum atomic E-state index is 0.694. The molecule has 0 amide bonds. The lowest BCUT2D eigenvalue weighted by Crippen LogP contribution is -1.96. The van der Waals surface area contributed by atoms with E-state index in [1.165, 1.54) is 0 Å². The number of aromatic nitrogens is 4. The van der Waals surface area contributed by atoms with Crippen LogP contribution in [0.15, 0.2) is 121 Å². The number of hydrogen-bond donors (Lipinski definition) is 2. The van der Waals surface area contributed by atoms with Gasteiger partial charge in [0.1, 0.15) is 0 Å². The van der Waals surface area contributed by atoms with E-state index in [1.807, 2.05) is 72.8 Å². The molecule has 0 unspecified atom stereocenters. The molecule has 0 fully saturated rings. The quantitative estimate of drug-likeness (QED) is 0.293. The molecule has 0 bridgehead atoms. The maximum Gasteiger partial charge on any atom is 0.160 e. The van der Waals surface area contributed by atoms with Crippen LogP contribution in [0.4, 0.5) is 0 Å². The first-order chi connectivity index (χ1) is 16.8. The van der Waals surface area contributed by atoms with Crippen molar-refractivity contribution < 1.29 is 0 Å². The van der Waals surface area contributed by atoms with Crippen LogP contribution in [-0.2, 0) is 0 Å². The molecular formula is C30H22N4. The summed E-state index contributed by atoms with van der Waals surface area (Å²) in [6, 6.07) is 41.1. The third-order valence-corrected chi connectivity index (χ3v) is 5.85. The van der Waals surface area contributed by atoms with Crippen LogP contribution in [0.5, 0.6) is 0 Å². The maximum absolute atomic E-state index is 4.92. The number of hydrogen-bond acceptors (Lipinski definition) is 2. The van der Waals surface area contributed by atoms with Crippen LogP contribution in [0.3, 0.4) is 0 Å². The normalized spacial score (nSPS) is 10.9. The highest BCUT2D eigenvalue weighted by atomic mass is 14.9. The first kappa shape index (κ1) is 19.9. The number of nitrogens with one attached hydrogen (secondary N) is 2. The summed E-state index contributed by atoms with van der Waals surface area (Å²) in [7, 11) is 0. The van der Waals surface area contributed by atoms with Crippen molar-refractivity contribution in [1.82, 2.24) is 19.9 Å². The van der Waals surface area contributed by atoms with Gasteiger partial charge in [0.25, 0.3) is 0 Å². The fourth-order valence-electron chi connectivity index (χ4n) is 4.10. The molecule has 0 spiro atoms. The first-order valence-corrected chi connectivity index (χ1v) is 11.3. The highest BCUT2D eigenvalue weighted by molar-refractivity contribution is 5.73. The van der Waals surface area contributed by atoms with Gasteiger partial charge in [-0.3, -0.25) is 0 Å². The van der Waals surface area contributed by atoms with E-state index in [4.69, 9.17) is 9.97 Å². The van der Waals surface area contributed by atoms with E-state index in [9.17, 15) is 0 Å². The van der Waals surface area contributed by atoms with Gasteiger partial charge in [-0.25, -0.2) is 9.97 Å². The van der Waals surface area contributed by atoms with Crippen LogP contribution < -0.4 is 0 Å². The molecule has 0 aliphatic heterocycles. The maximum atomic E-state index is 4.92. The molecule has 34 heavy (non-hydrogen) atoms. The predicted molar refractivity (Wildman–Crippen MR) is 138 cm³/mol. The molecule has 3 aromatic carbocycles. The molecule has 4 heteroatoms. The van der Waals surface area contributed by atoms with Crippen LogP contribution in [0.25, 0.3) is 56.7 Å². The zero-order valence-corrected chi connectivity index (χ0v) is 18.4. The van der Waals surface area contributed by atoms with Gasteiger partial charge < -0.3 is 9.97 Å². The minimum Gasteiger partial charge on any atom is -0.353 e. The highest BCUT2D eigenvalue weighted by Gasteiger charge is 2.13. The number of H-pyrrole nitrogens is 2. The molecule has 162 valence electrons. The summed E-state index contributed by atoms with van der Waals surface area (Å²) < 4.78 is 0. The SMILES string of the molecule is c1ccc(-c2nc(-c3ccc(-c4ccccc4)[nH]3)cc(-c3ccc(-c4ccccc4)[nH]3)n2)cc1. The number of aromatic amines is 2. The van der Waals surface area contributed by atoms with E-state index >= 15 is 0 Å². The van der Waals surface area contributed by atoms with Gasteiger partial charge in [-0.1, -0.05) is 91.0 Å². The summed E-state index contributed by atoms with van der Waals surface area (Å²) in [4.78, 5) is 16.9. The number of nitrogens with zero attached hydrogens (tertiary/aromatic N) is 2. The van der Waals surface area contributed by atoms with E-state index in [0.717, 1.165) is 50.9 Å². The Kier molecular flexibility index (Phi) is 5.09. The predicted octanol–water partition coefficient (Wildman–Crippen LogP) is 7.47. The Morgan fingerprint density at radius 1 is 0.382 bits per heavy atom. The standard InChI is InChI=1S/C30H22N4/c1-4-10-21(11-5-1)24-16-18-26(31-24)28-20-29(34-30(33-28)23-14-8-3-9-15-23)27-19-17-25(32-27)22-12-6-2-7-13-22/h1-20,31-32H. The monoisotopic (exact) mass is 438 g/mol. The topological polar surface area (TPSA) is 57.4 Å². The molecule has 0 atom stereocenters. The molecule has 0 radical (unpaired) electrons. The Bertz CT molecular complexity index is 1440. The molecule has 0 aliphatic rings. The summed E-state index contributed by atoms with van der Waals surface area (Å²) in [5.74, 6) is 0.694. The van der Waals surface area contributed by atoms with Gasteiger partial charge >= 0.3 is 0 Å². The van der Waals surface area contributed by atoms with E-state index < -0.39 is 0 Å². The smallest absolute Gasteiger partial charge is 0.160 e. The van der Waals surface area contributed by atoms with Gasteiger partial charge in [0, 0.05) is 17.0 Å². The number of benzene rings is 3. The van der Waals surface area contributed by atoms with Crippen LogP contribution in [0.1, 0.15) is 0 Å². The van der Waals surface area contributed by atoms with Crippen molar-refractivity contribution in [3.63, 3.8) is 0 Å². The van der Waals surface area contributed by atoms with E-state index in [2.05, 4.69) is 58.5 Å². The molecule has 2 N–H and O–H groups in total. The largest absolute Gasteiger partial charge is 0.353 e. The Labute approximate surface area is 198 Å².